The van der Waals surface area contributed by atoms with Crippen LogP contribution < -0.4 is 15.0 Å². The lowest BCUT2D eigenvalue weighted by Crippen LogP contribution is -2.43. The number of hydrogen-bond donors (Lipinski definition) is 1. The Balaban J connectivity index is 1.51. The van der Waals surface area contributed by atoms with Gasteiger partial charge in [0.2, 0.25) is 0 Å². The van der Waals surface area contributed by atoms with E-state index in [4.69, 9.17) is 11.6 Å². The van der Waals surface area contributed by atoms with E-state index in [-0.39, 0.29) is 18.1 Å². The fraction of sp³-hybridized carbons (Fsp3) is 0.200. The molecule has 1 fully saturated rings. The van der Waals surface area contributed by atoms with Crippen LogP contribution in [0.15, 0.2) is 66.9 Å². The highest BCUT2D eigenvalue weighted by molar-refractivity contribution is 6.30. The van der Waals surface area contributed by atoms with Gasteiger partial charge in [0.05, 0.1) is 5.69 Å². The summed E-state index contributed by atoms with van der Waals surface area (Å²) in [6, 6.07) is 13.3. The number of nitrogens with zero attached hydrogens (tertiary/aromatic N) is 3. The van der Waals surface area contributed by atoms with Gasteiger partial charge in [-0.3, -0.25) is 9.59 Å². The molecule has 1 aliphatic rings. The summed E-state index contributed by atoms with van der Waals surface area (Å²) in [5, 5.41) is 3.16. The number of pyridine rings is 1. The number of urea groups is 1. The summed E-state index contributed by atoms with van der Waals surface area (Å²) in [5.41, 5.74) is -0.189. The molecule has 1 aliphatic heterocycles. The molecule has 1 N–H and O–H groups in total. The van der Waals surface area contributed by atoms with Crippen molar-refractivity contribution in [3.63, 3.8) is 0 Å². The molecule has 4 amide bonds. The Bertz CT molecular complexity index is 1350. The molecule has 4 rings (SSSR count). The average Bonchev–Trinajstić information content (AvgIpc) is 2.99. The maximum absolute atomic E-state index is 13.2. The van der Waals surface area contributed by atoms with Crippen LogP contribution in [0.1, 0.15) is 29.8 Å². The lowest BCUT2D eigenvalue weighted by atomic mass is 10.0. The van der Waals surface area contributed by atoms with E-state index in [0.29, 0.717) is 16.1 Å². The number of amides is 4. The van der Waals surface area contributed by atoms with Crippen LogP contribution in [-0.2, 0) is 11.3 Å². The maximum atomic E-state index is 13.2. The SMILES string of the molecule is CC1(C)C(=O)N(c2ccc(OC(F)(F)F)cc2)C(=O)N1Cc1ccnc(NC(=O)c2ccc(Cl)cc2)c1. The third-order valence-corrected chi connectivity index (χ3v) is 5.92. The van der Waals surface area contributed by atoms with E-state index in [2.05, 4.69) is 15.0 Å². The van der Waals surface area contributed by atoms with E-state index in [9.17, 15) is 27.6 Å². The summed E-state index contributed by atoms with van der Waals surface area (Å²) in [5.74, 6) is -1.19. The molecule has 0 saturated carbocycles. The fourth-order valence-electron chi connectivity index (χ4n) is 3.74. The predicted molar refractivity (Wildman–Crippen MR) is 129 cm³/mol. The predicted octanol–water partition coefficient (Wildman–Crippen LogP) is 5.63. The Kier molecular flexibility index (Phi) is 6.83. The molecule has 1 saturated heterocycles. The van der Waals surface area contributed by atoms with Crippen LogP contribution in [0.4, 0.5) is 29.5 Å². The number of nitrogens with one attached hydrogen (secondary N) is 1. The Morgan fingerprint density at radius 1 is 1.05 bits per heavy atom. The van der Waals surface area contributed by atoms with Crippen molar-refractivity contribution < 1.29 is 32.3 Å². The smallest absolute Gasteiger partial charge is 0.406 e. The highest BCUT2D eigenvalue weighted by Gasteiger charge is 2.51. The number of halogens is 4. The molecule has 0 spiro atoms. The van der Waals surface area contributed by atoms with Crippen molar-refractivity contribution in [3.05, 3.63) is 83.0 Å². The molecule has 192 valence electrons. The number of aromatic nitrogens is 1. The van der Waals surface area contributed by atoms with Gasteiger partial charge in [-0.25, -0.2) is 14.7 Å². The quantitative estimate of drug-likeness (QED) is 0.415. The van der Waals surface area contributed by atoms with Crippen LogP contribution in [0.2, 0.25) is 5.02 Å². The third-order valence-electron chi connectivity index (χ3n) is 5.66. The molecule has 2 heterocycles. The van der Waals surface area contributed by atoms with Crippen LogP contribution in [0.3, 0.4) is 0 Å². The molecule has 2 aromatic carbocycles. The largest absolute Gasteiger partial charge is 0.573 e. The number of rotatable bonds is 6. The number of hydrogen-bond acceptors (Lipinski definition) is 5. The van der Waals surface area contributed by atoms with Gasteiger partial charge >= 0.3 is 12.4 Å². The van der Waals surface area contributed by atoms with E-state index in [1.165, 1.54) is 23.2 Å². The normalized spacial score (nSPS) is 15.2. The second-order valence-electron chi connectivity index (χ2n) is 8.62. The van der Waals surface area contributed by atoms with Crippen molar-refractivity contribution in [1.29, 1.82) is 0 Å². The van der Waals surface area contributed by atoms with Crippen molar-refractivity contribution in [3.8, 4) is 5.75 Å². The zero-order valence-electron chi connectivity index (χ0n) is 19.5. The molecule has 0 unspecified atom stereocenters. The van der Waals surface area contributed by atoms with Gasteiger partial charge in [0.1, 0.15) is 17.1 Å². The monoisotopic (exact) mass is 532 g/mol. The summed E-state index contributed by atoms with van der Waals surface area (Å²) in [4.78, 5) is 45.2. The van der Waals surface area contributed by atoms with E-state index in [1.807, 2.05) is 0 Å². The zero-order valence-corrected chi connectivity index (χ0v) is 20.3. The minimum atomic E-state index is -4.86. The highest BCUT2D eigenvalue weighted by Crippen LogP contribution is 2.34. The van der Waals surface area contributed by atoms with Crippen LogP contribution >= 0.6 is 11.6 Å². The van der Waals surface area contributed by atoms with Gasteiger partial charge in [-0.1, -0.05) is 11.6 Å². The Morgan fingerprint density at radius 2 is 1.70 bits per heavy atom. The summed E-state index contributed by atoms with van der Waals surface area (Å²) in [6.45, 7) is 3.15. The molecule has 37 heavy (non-hydrogen) atoms. The molecule has 0 aliphatic carbocycles. The van der Waals surface area contributed by atoms with Crippen molar-refractivity contribution in [2.24, 2.45) is 0 Å². The highest BCUT2D eigenvalue weighted by atomic mass is 35.5. The van der Waals surface area contributed by atoms with Crippen LogP contribution in [0.25, 0.3) is 0 Å². The van der Waals surface area contributed by atoms with Gasteiger partial charge in [-0.05, 0) is 80.1 Å². The Morgan fingerprint density at radius 3 is 2.32 bits per heavy atom. The number of anilines is 2. The molecular weight excluding hydrogens is 513 g/mol. The van der Waals surface area contributed by atoms with E-state index in [1.54, 1.807) is 50.2 Å². The Hall–Kier alpha value is -4.12. The zero-order chi connectivity index (χ0) is 27.0. The lowest BCUT2D eigenvalue weighted by molar-refractivity contribution is -0.274. The van der Waals surface area contributed by atoms with Gasteiger partial charge in [-0.2, -0.15) is 0 Å². The Labute approximate surface area is 214 Å². The van der Waals surface area contributed by atoms with Gasteiger partial charge < -0.3 is 15.0 Å². The van der Waals surface area contributed by atoms with Crippen LogP contribution in [-0.4, -0.2) is 39.6 Å². The molecule has 3 aromatic rings. The molecular formula is C25H20ClF3N4O4. The minimum Gasteiger partial charge on any atom is -0.406 e. The van der Waals surface area contributed by atoms with Crippen molar-refractivity contribution in [2.75, 3.05) is 10.2 Å². The van der Waals surface area contributed by atoms with E-state index >= 15 is 0 Å². The molecule has 0 atom stereocenters. The number of ether oxygens (including phenoxy) is 1. The lowest BCUT2D eigenvalue weighted by Gasteiger charge is -2.27. The van der Waals surface area contributed by atoms with Gasteiger partial charge in [0, 0.05) is 23.3 Å². The van der Waals surface area contributed by atoms with Crippen molar-refractivity contribution in [2.45, 2.75) is 32.3 Å². The topological polar surface area (TPSA) is 91.8 Å². The third kappa shape index (κ3) is 5.67. The minimum absolute atomic E-state index is 0.00960. The summed E-state index contributed by atoms with van der Waals surface area (Å²) in [7, 11) is 0. The first kappa shape index (κ1) is 26.0. The first-order chi connectivity index (χ1) is 17.3. The first-order valence-electron chi connectivity index (χ1n) is 10.9. The summed E-state index contributed by atoms with van der Waals surface area (Å²) < 4.78 is 41.2. The second kappa shape index (κ2) is 9.74. The number of carbonyl (C=O) groups is 3. The average molecular weight is 533 g/mol. The second-order valence-corrected chi connectivity index (χ2v) is 9.06. The molecule has 8 nitrogen and oxygen atoms in total. The molecule has 1 aromatic heterocycles. The van der Waals surface area contributed by atoms with Crippen LogP contribution in [0.5, 0.6) is 5.75 Å². The number of carbonyl (C=O) groups excluding carboxylic acids is 3. The number of alkyl halides is 3. The van der Waals surface area contributed by atoms with Crippen LogP contribution in [0, 0.1) is 0 Å². The number of benzene rings is 2. The summed E-state index contributed by atoms with van der Waals surface area (Å²) in [6.07, 6.45) is -3.41. The van der Waals surface area contributed by atoms with E-state index in [0.717, 1.165) is 17.0 Å². The van der Waals surface area contributed by atoms with Crippen molar-refractivity contribution in [1.82, 2.24) is 9.88 Å². The standard InChI is InChI=1S/C25H20ClF3N4O4/c1-24(2)22(35)33(18-7-9-19(10-8-18)37-25(27,28)29)23(36)32(24)14-15-11-12-30-20(13-15)31-21(34)16-3-5-17(26)6-4-16/h3-13H,14H2,1-2H3,(H,30,31,34). The number of imide groups is 1. The maximum Gasteiger partial charge on any atom is 0.573 e. The van der Waals surface area contributed by atoms with E-state index < -0.39 is 35.5 Å². The van der Waals surface area contributed by atoms with Gasteiger partial charge in [0.15, 0.2) is 0 Å². The molecule has 0 radical (unpaired) electrons. The van der Waals surface area contributed by atoms with Gasteiger partial charge in [-0.15, -0.1) is 13.2 Å². The fourth-order valence-corrected chi connectivity index (χ4v) is 3.86. The molecule has 0 bridgehead atoms. The summed E-state index contributed by atoms with van der Waals surface area (Å²) >= 11 is 5.85. The molecule has 12 heteroatoms. The van der Waals surface area contributed by atoms with Gasteiger partial charge in [0.25, 0.3) is 11.8 Å². The first-order valence-corrected chi connectivity index (χ1v) is 11.3. The van der Waals surface area contributed by atoms with Crippen molar-refractivity contribution >= 4 is 41.0 Å².